The predicted octanol–water partition coefficient (Wildman–Crippen LogP) is 2.98. The molecule has 0 fully saturated rings. The molecule has 0 radical (unpaired) electrons. The standard InChI is InChI=1S/C12H11BrClN3O3/c1-18-7-5-4-6(9(19-2)8(7)13)10-15-11(14)17-12(16-10)20-3/h4-5H,1-3H3. The summed E-state index contributed by atoms with van der Waals surface area (Å²) in [6.07, 6.45) is 0. The summed E-state index contributed by atoms with van der Waals surface area (Å²) in [6.45, 7) is 0. The van der Waals surface area contributed by atoms with Gasteiger partial charge in [-0.25, -0.2) is 0 Å². The third-order valence-electron chi connectivity index (χ3n) is 2.50. The van der Waals surface area contributed by atoms with E-state index in [1.165, 1.54) is 7.11 Å². The fraction of sp³-hybridized carbons (Fsp3) is 0.250. The van der Waals surface area contributed by atoms with Crippen LogP contribution in [0.3, 0.4) is 0 Å². The highest BCUT2D eigenvalue weighted by atomic mass is 79.9. The van der Waals surface area contributed by atoms with Crippen molar-refractivity contribution in [2.24, 2.45) is 0 Å². The maximum absolute atomic E-state index is 5.85. The Morgan fingerprint density at radius 1 is 1.00 bits per heavy atom. The van der Waals surface area contributed by atoms with Crippen molar-refractivity contribution in [1.82, 2.24) is 15.0 Å². The van der Waals surface area contributed by atoms with E-state index in [4.69, 9.17) is 25.8 Å². The molecule has 6 nitrogen and oxygen atoms in total. The van der Waals surface area contributed by atoms with Crippen LogP contribution in [0.1, 0.15) is 0 Å². The summed E-state index contributed by atoms with van der Waals surface area (Å²) in [6, 6.07) is 3.67. The van der Waals surface area contributed by atoms with E-state index in [1.807, 2.05) is 0 Å². The van der Waals surface area contributed by atoms with Gasteiger partial charge in [0.15, 0.2) is 5.82 Å². The smallest absolute Gasteiger partial charge is 0.321 e. The summed E-state index contributed by atoms with van der Waals surface area (Å²) in [5.41, 5.74) is 0.641. The molecule has 0 saturated carbocycles. The van der Waals surface area contributed by atoms with Gasteiger partial charge in [-0.3, -0.25) is 0 Å². The lowest BCUT2D eigenvalue weighted by atomic mass is 10.2. The molecule has 1 heterocycles. The third-order valence-corrected chi connectivity index (χ3v) is 3.42. The first-order valence-corrected chi connectivity index (χ1v) is 6.64. The third kappa shape index (κ3) is 2.78. The average Bonchev–Trinajstić information content (AvgIpc) is 2.46. The van der Waals surface area contributed by atoms with E-state index in [0.29, 0.717) is 27.4 Å². The molecule has 0 aliphatic rings. The molecule has 2 aromatic rings. The molecule has 0 aliphatic heterocycles. The molecule has 0 N–H and O–H groups in total. The molecule has 1 aromatic heterocycles. The second kappa shape index (κ2) is 6.23. The largest absolute Gasteiger partial charge is 0.495 e. The monoisotopic (exact) mass is 359 g/mol. The summed E-state index contributed by atoms with van der Waals surface area (Å²) < 4.78 is 16.2. The Bertz CT molecular complexity index is 640. The van der Waals surface area contributed by atoms with Gasteiger partial charge in [-0.15, -0.1) is 0 Å². The van der Waals surface area contributed by atoms with E-state index in [1.54, 1.807) is 26.4 Å². The van der Waals surface area contributed by atoms with Crippen LogP contribution in [-0.2, 0) is 0 Å². The minimum Gasteiger partial charge on any atom is -0.495 e. The van der Waals surface area contributed by atoms with Crippen molar-refractivity contribution in [2.45, 2.75) is 0 Å². The lowest BCUT2D eigenvalue weighted by Gasteiger charge is -2.12. The van der Waals surface area contributed by atoms with Crippen molar-refractivity contribution in [3.8, 4) is 28.9 Å². The van der Waals surface area contributed by atoms with Crippen molar-refractivity contribution in [3.05, 3.63) is 21.9 Å². The van der Waals surface area contributed by atoms with Gasteiger partial charge in [-0.2, -0.15) is 15.0 Å². The first kappa shape index (κ1) is 14.8. The Kier molecular flexibility index (Phi) is 4.61. The zero-order valence-corrected chi connectivity index (χ0v) is 13.3. The van der Waals surface area contributed by atoms with Crippen molar-refractivity contribution in [1.29, 1.82) is 0 Å². The molecule has 1 aromatic carbocycles. The van der Waals surface area contributed by atoms with Gasteiger partial charge >= 0.3 is 6.01 Å². The number of nitrogens with zero attached hydrogens (tertiary/aromatic N) is 3. The number of hydrogen-bond donors (Lipinski definition) is 0. The Morgan fingerprint density at radius 2 is 1.75 bits per heavy atom. The van der Waals surface area contributed by atoms with E-state index in [9.17, 15) is 0 Å². The van der Waals surface area contributed by atoms with E-state index in [0.717, 1.165) is 0 Å². The number of benzene rings is 1. The van der Waals surface area contributed by atoms with Gasteiger partial charge < -0.3 is 14.2 Å². The van der Waals surface area contributed by atoms with Crippen LogP contribution < -0.4 is 14.2 Å². The second-order valence-corrected chi connectivity index (χ2v) is 4.71. The lowest BCUT2D eigenvalue weighted by molar-refractivity contribution is 0.378. The van der Waals surface area contributed by atoms with Crippen molar-refractivity contribution >= 4 is 27.5 Å². The maximum Gasteiger partial charge on any atom is 0.321 e. The minimum absolute atomic E-state index is 0.0424. The number of halogens is 2. The van der Waals surface area contributed by atoms with Crippen LogP contribution in [0.2, 0.25) is 5.28 Å². The minimum atomic E-state index is 0.0424. The number of aromatic nitrogens is 3. The highest BCUT2D eigenvalue weighted by Crippen LogP contribution is 2.41. The molecule has 8 heteroatoms. The number of rotatable bonds is 4. The van der Waals surface area contributed by atoms with Crippen LogP contribution >= 0.6 is 27.5 Å². The molecule has 0 spiro atoms. The van der Waals surface area contributed by atoms with Gasteiger partial charge in [0.1, 0.15) is 16.0 Å². The SMILES string of the molecule is COc1nc(Cl)nc(-c2ccc(OC)c(Br)c2OC)n1. The summed E-state index contributed by atoms with van der Waals surface area (Å²) in [5, 5.41) is 0.0424. The van der Waals surface area contributed by atoms with Gasteiger partial charge in [0.05, 0.1) is 26.9 Å². The summed E-state index contributed by atoms with van der Waals surface area (Å²) >= 11 is 9.27. The van der Waals surface area contributed by atoms with E-state index < -0.39 is 0 Å². The quantitative estimate of drug-likeness (QED) is 0.835. The zero-order valence-electron chi connectivity index (χ0n) is 11.0. The molecule has 0 aliphatic carbocycles. The van der Waals surface area contributed by atoms with Crippen molar-refractivity contribution < 1.29 is 14.2 Å². The Hall–Kier alpha value is -1.60. The van der Waals surface area contributed by atoms with Crippen LogP contribution in [0.25, 0.3) is 11.4 Å². The maximum atomic E-state index is 5.85. The number of methoxy groups -OCH3 is 3. The van der Waals surface area contributed by atoms with Crippen molar-refractivity contribution in [2.75, 3.05) is 21.3 Å². The highest BCUT2D eigenvalue weighted by molar-refractivity contribution is 9.10. The first-order chi connectivity index (χ1) is 9.60. The Balaban J connectivity index is 2.63. The fourth-order valence-corrected chi connectivity index (χ4v) is 2.44. The molecule has 0 atom stereocenters. The van der Waals surface area contributed by atoms with Gasteiger partial charge in [0.2, 0.25) is 5.28 Å². The molecular weight excluding hydrogens is 350 g/mol. The van der Waals surface area contributed by atoms with Crippen LogP contribution in [0.4, 0.5) is 0 Å². The van der Waals surface area contributed by atoms with Crippen molar-refractivity contribution in [3.63, 3.8) is 0 Å². The Morgan fingerprint density at radius 3 is 2.35 bits per heavy atom. The molecular formula is C12H11BrClN3O3. The second-order valence-electron chi connectivity index (χ2n) is 3.58. The van der Waals surface area contributed by atoms with E-state index in [-0.39, 0.29) is 11.3 Å². The Labute approximate surface area is 129 Å². The molecule has 0 bridgehead atoms. The number of hydrogen-bond acceptors (Lipinski definition) is 6. The van der Waals surface area contributed by atoms with Crippen LogP contribution in [-0.4, -0.2) is 36.3 Å². The predicted molar refractivity (Wildman–Crippen MR) is 77.6 cm³/mol. The van der Waals surface area contributed by atoms with Gasteiger partial charge in [0.25, 0.3) is 0 Å². The first-order valence-electron chi connectivity index (χ1n) is 5.47. The average molecular weight is 361 g/mol. The topological polar surface area (TPSA) is 66.4 Å². The molecule has 0 saturated heterocycles. The lowest BCUT2D eigenvalue weighted by Crippen LogP contribution is -2.00. The van der Waals surface area contributed by atoms with Crippen LogP contribution in [0.5, 0.6) is 17.5 Å². The molecule has 2 rings (SSSR count). The van der Waals surface area contributed by atoms with Gasteiger partial charge in [-0.05, 0) is 39.7 Å². The zero-order chi connectivity index (χ0) is 14.7. The molecule has 20 heavy (non-hydrogen) atoms. The molecule has 0 unspecified atom stereocenters. The van der Waals surface area contributed by atoms with Gasteiger partial charge in [-0.1, -0.05) is 0 Å². The van der Waals surface area contributed by atoms with Crippen LogP contribution in [0, 0.1) is 0 Å². The summed E-state index contributed by atoms with van der Waals surface area (Å²) in [5.74, 6) is 1.52. The normalized spacial score (nSPS) is 10.2. The molecule has 0 amide bonds. The molecule has 106 valence electrons. The fourth-order valence-electron chi connectivity index (χ4n) is 1.61. The van der Waals surface area contributed by atoms with Crippen LogP contribution in [0.15, 0.2) is 16.6 Å². The number of ether oxygens (including phenoxy) is 3. The van der Waals surface area contributed by atoms with E-state index >= 15 is 0 Å². The van der Waals surface area contributed by atoms with Gasteiger partial charge in [0, 0.05) is 0 Å². The summed E-state index contributed by atoms with van der Waals surface area (Å²) in [7, 11) is 4.57. The highest BCUT2D eigenvalue weighted by Gasteiger charge is 2.17. The summed E-state index contributed by atoms with van der Waals surface area (Å²) in [4.78, 5) is 12.1. The van der Waals surface area contributed by atoms with E-state index in [2.05, 4.69) is 30.9 Å².